The Morgan fingerprint density at radius 1 is 1.18 bits per heavy atom. The number of piperazine rings is 1. The first-order chi connectivity index (χ1) is 13.2. The fraction of sp³-hybridized carbons (Fsp3) is 0.474. The second kappa shape index (κ2) is 8.28. The molecule has 7 nitrogen and oxygen atoms in total. The Hall–Kier alpha value is -1.81. The lowest BCUT2D eigenvalue weighted by Crippen LogP contribution is -2.49. The summed E-state index contributed by atoms with van der Waals surface area (Å²) in [6.45, 7) is 12.9. The number of hydrogen-bond donors (Lipinski definition) is 0. The van der Waals surface area contributed by atoms with E-state index in [0.29, 0.717) is 49.1 Å². The molecular weight excluding hydrogens is 394 g/mol. The first-order valence-corrected chi connectivity index (χ1v) is 11.1. The van der Waals surface area contributed by atoms with Gasteiger partial charge in [-0.05, 0) is 44.6 Å². The summed E-state index contributed by atoms with van der Waals surface area (Å²) < 4.78 is 32.0. The van der Waals surface area contributed by atoms with Crippen molar-refractivity contribution in [3.8, 4) is 0 Å². The lowest BCUT2D eigenvalue weighted by molar-refractivity contribution is 0.144. The largest absolute Gasteiger partial charge is 0.300 e. The molecule has 0 atom stereocenters. The highest BCUT2D eigenvalue weighted by Gasteiger charge is 2.29. The molecule has 1 fully saturated rings. The van der Waals surface area contributed by atoms with Gasteiger partial charge >= 0.3 is 0 Å². The third-order valence-corrected chi connectivity index (χ3v) is 7.52. The van der Waals surface area contributed by atoms with Gasteiger partial charge in [0.25, 0.3) is 0 Å². The van der Waals surface area contributed by atoms with Crippen molar-refractivity contribution in [2.24, 2.45) is 0 Å². The minimum Gasteiger partial charge on any atom is -0.300 e. The van der Waals surface area contributed by atoms with E-state index >= 15 is 0 Å². The monoisotopic (exact) mass is 421 g/mol. The maximum atomic E-state index is 13.0. The van der Waals surface area contributed by atoms with Crippen LogP contribution >= 0.6 is 12.2 Å². The van der Waals surface area contributed by atoms with Crippen LogP contribution in [0.1, 0.15) is 17.0 Å². The van der Waals surface area contributed by atoms with Crippen LogP contribution in [0.15, 0.2) is 35.7 Å². The molecular formula is C19H27N5O2S2. The van der Waals surface area contributed by atoms with E-state index in [4.69, 9.17) is 12.2 Å². The fourth-order valence-corrected chi connectivity index (χ4v) is 5.44. The maximum Gasteiger partial charge on any atom is 0.243 e. The van der Waals surface area contributed by atoms with Crippen molar-refractivity contribution < 1.29 is 8.42 Å². The Morgan fingerprint density at radius 2 is 1.86 bits per heavy atom. The minimum atomic E-state index is -3.48. The van der Waals surface area contributed by atoms with E-state index in [-0.39, 0.29) is 0 Å². The topological polar surface area (TPSA) is 63.4 Å². The third-order valence-electron chi connectivity index (χ3n) is 5.03. The molecule has 2 aromatic rings. The average molecular weight is 422 g/mol. The molecule has 0 saturated carbocycles. The van der Waals surface area contributed by atoms with Crippen molar-refractivity contribution in [3.63, 3.8) is 0 Å². The number of aryl methyl sites for hydroxylation is 3. The summed E-state index contributed by atoms with van der Waals surface area (Å²) in [5, 5.41) is 4.51. The molecule has 1 aliphatic rings. The molecule has 0 aliphatic carbocycles. The SMILES string of the molecule is C=CCn1c(C)nn(CN2CCN(S(=O)(=O)c3ccc(C)cc3C)CC2)c1=S. The van der Waals surface area contributed by atoms with Crippen LogP contribution < -0.4 is 0 Å². The molecule has 152 valence electrons. The zero-order valence-corrected chi connectivity index (χ0v) is 18.3. The van der Waals surface area contributed by atoms with E-state index in [2.05, 4.69) is 16.6 Å². The first kappa shape index (κ1) is 20.9. The highest BCUT2D eigenvalue weighted by atomic mass is 32.2. The molecule has 0 bridgehead atoms. The number of benzene rings is 1. The number of nitrogens with zero attached hydrogens (tertiary/aromatic N) is 5. The van der Waals surface area contributed by atoms with E-state index in [0.717, 1.165) is 17.0 Å². The van der Waals surface area contributed by atoms with Gasteiger partial charge in [0.2, 0.25) is 10.0 Å². The second-order valence-corrected chi connectivity index (χ2v) is 9.43. The molecule has 28 heavy (non-hydrogen) atoms. The van der Waals surface area contributed by atoms with Gasteiger partial charge in [0.15, 0.2) is 4.77 Å². The Bertz CT molecular complexity index is 1030. The Balaban J connectivity index is 1.68. The lowest BCUT2D eigenvalue weighted by atomic mass is 10.2. The maximum absolute atomic E-state index is 13.0. The Morgan fingerprint density at radius 3 is 2.46 bits per heavy atom. The van der Waals surface area contributed by atoms with Gasteiger partial charge in [0.05, 0.1) is 11.6 Å². The average Bonchev–Trinajstić information content (AvgIpc) is 2.90. The molecule has 1 aromatic carbocycles. The normalized spacial score (nSPS) is 16.4. The molecule has 0 amide bonds. The summed E-state index contributed by atoms with van der Waals surface area (Å²) in [7, 11) is -3.48. The smallest absolute Gasteiger partial charge is 0.243 e. The van der Waals surface area contributed by atoms with Gasteiger partial charge in [0, 0.05) is 32.7 Å². The van der Waals surface area contributed by atoms with Crippen LogP contribution in [-0.4, -0.2) is 58.1 Å². The summed E-state index contributed by atoms with van der Waals surface area (Å²) in [5.74, 6) is 0.848. The second-order valence-electron chi connectivity index (χ2n) is 7.16. The van der Waals surface area contributed by atoms with E-state index in [9.17, 15) is 8.42 Å². The van der Waals surface area contributed by atoms with Crippen molar-refractivity contribution in [2.45, 2.75) is 38.9 Å². The van der Waals surface area contributed by atoms with Crippen LogP contribution in [0.2, 0.25) is 0 Å². The fourth-order valence-electron chi connectivity index (χ4n) is 3.51. The quantitative estimate of drug-likeness (QED) is 0.530. The van der Waals surface area contributed by atoms with Crippen LogP contribution in [0.4, 0.5) is 0 Å². The van der Waals surface area contributed by atoms with Gasteiger partial charge in [0.1, 0.15) is 5.82 Å². The van der Waals surface area contributed by atoms with Crippen molar-refractivity contribution in [2.75, 3.05) is 26.2 Å². The number of allylic oxidation sites excluding steroid dienone is 1. The van der Waals surface area contributed by atoms with Gasteiger partial charge in [-0.1, -0.05) is 23.8 Å². The predicted molar refractivity (Wildman–Crippen MR) is 112 cm³/mol. The minimum absolute atomic E-state index is 0.396. The van der Waals surface area contributed by atoms with Crippen molar-refractivity contribution in [1.82, 2.24) is 23.6 Å². The van der Waals surface area contributed by atoms with Gasteiger partial charge in [-0.2, -0.15) is 9.40 Å². The number of sulfonamides is 1. The molecule has 3 rings (SSSR count). The third kappa shape index (κ3) is 4.12. The number of aromatic nitrogens is 3. The van der Waals surface area contributed by atoms with Crippen LogP contribution in [0.25, 0.3) is 0 Å². The first-order valence-electron chi connectivity index (χ1n) is 9.29. The molecule has 0 unspecified atom stereocenters. The molecule has 0 N–H and O–H groups in total. The highest BCUT2D eigenvalue weighted by Crippen LogP contribution is 2.22. The Labute approximate surface area is 171 Å². The molecule has 1 saturated heterocycles. The lowest BCUT2D eigenvalue weighted by Gasteiger charge is -2.34. The zero-order chi connectivity index (χ0) is 20.5. The predicted octanol–water partition coefficient (Wildman–Crippen LogP) is 2.49. The van der Waals surface area contributed by atoms with E-state index in [1.165, 1.54) is 0 Å². The van der Waals surface area contributed by atoms with Gasteiger partial charge < -0.3 is 4.57 Å². The molecule has 2 heterocycles. The summed E-state index contributed by atoms with van der Waals surface area (Å²) >= 11 is 5.50. The molecule has 1 aromatic heterocycles. The van der Waals surface area contributed by atoms with Crippen LogP contribution in [0.5, 0.6) is 0 Å². The zero-order valence-electron chi connectivity index (χ0n) is 16.6. The molecule has 1 aliphatic heterocycles. The number of rotatable bonds is 6. The molecule has 0 spiro atoms. The number of hydrogen-bond acceptors (Lipinski definition) is 5. The standard InChI is InChI=1S/C19H27N5O2S2/c1-5-8-23-17(4)20-24(19(23)27)14-21-9-11-22(12-10-21)28(25,26)18-7-6-15(2)13-16(18)3/h5-7,13H,1,8-12,14H2,2-4H3. The highest BCUT2D eigenvalue weighted by molar-refractivity contribution is 7.89. The van der Waals surface area contributed by atoms with E-state index in [1.807, 2.05) is 37.5 Å². The van der Waals surface area contributed by atoms with Gasteiger partial charge in [-0.15, -0.1) is 6.58 Å². The van der Waals surface area contributed by atoms with E-state index in [1.54, 1.807) is 21.1 Å². The summed E-state index contributed by atoms with van der Waals surface area (Å²) in [4.78, 5) is 2.57. The van der Waals surface area contributed by atoms with Crippen LogP contribution in [-0.2, 0) is 23.2 Å². The van der Waals surface area contributed by atoms with E-state index < -0.39 is 10.0 Å². The van der Waals surface area contributed by atoms with Crippen LogP contribution in [0.3, 0.4) is 0 Å². The van der Waals surface area contributed by atoms with Crippen molar-refractivity contribution in [1.29, 1.82) is 0 Å². The van der Waals surface area contributed by atoms with Gasteiger partial charge in [-0.3, -0.25) is 4.90 Å². The summed E-state index contributed by atoms with van der Waals surface area (Å²) in [5.41, 5.74) is 1.85. The van der Waals surface area contributed by atoms with Crippen molar-refractivity contribution >= 4 is 22.2 Å². The molecule has 0 radical (unpaired) electrons. The molecule has 9 heteroatoms. The van der Waals surface area contributed by atoms with Gasteiger partial charge in [-0.25, -0.2) is 13.1 Å². The summed E-state index contributed by atoms with van der Waals surface area (Å²) in [6, 6.07) is 5.47. The Kier molecular flexibility index (Phi) is 6.18. The summed E-state index contributed by atoms with van der Waals surface area (Å²) in [6.07, 6.45) is 1.80. The van der Waals surface area contributed by atoms with Crippen LogP contribution in [0, 0.1) is 25.5 Å². The van der Waals surface area contributed by atoms with Crippen molar-refractivity contribution in [3.05, 3.63) is 52.6 Å².